The van der Waals surface area contributed by atoms with Crippen molar-refractivity contribution in [1.82, 2.24) is 10.6 Å². The van der Waals surface area contributed by atoms with Gasteiger partial charge in [-0.25, -0.2) is 4.99 Å². The number of anilines is 1. The minimum absolute atomic E-state index is 0. The quantitative estimate of drug-likeness (QED) is 0.192. The second-order valence-corrected chi connectivity index (χ2v) is 7.43. The topological polar surface area (TPSA) is 74.8 Å². The molecule has 0 aromatic heterocycles. The lowest BCUT2D eigenvalue weighted by molar-refractivity contribution is -0.116. The molecular weight excluding hydrogens is 503 g/mol. The van der Waals surface area contributed by atoms with E-state index in [-0.39, 0.29) is 35.8 Å². The molecule has 0 spiro atoms. The molecular formula is C24H33IN4O2. The molecule has 1 aliphatic rings. The van der Waals surface area contributed by atoms with E-state index in [0.29, 0.717) is 26.1 Å². The maximum Gasteiger partial charge on any atom is 0.225 e. The summed E-state index contributed by atoms with van der Waals surface area (Å²) in [5.41, 5.74) is 4.40. The fourth-order valence-corrected chi connectivity index (χ4v) is 3.59. The summed E-state index contributed by atoms with van der Waals surface area (Å²) in [5.74, 6) is 0.933. The number of carbonyl (C=O) groups excluding carboxylic acids is 1. The fraction of sp³-hybridized carbons (Fsp3) is 0.417. The second kappa shape index (κ2) is 13.3. The maximum absolute atomic E-state index is 12.1. The van der Waals surface area contributed by atoms with Crippen molar-refractivity contribution in [2.45, 2.75) is 45.8 Å². The highest BCUT2D eigenvalue weighted by atomic mass is 127. The third-order valence-electron chi connectivity index (χ3n) is 5.10. The molecule has 0 fully saturated rings. The minimum atomic E-state index is 0. The summed E-state index contributed by atoms with van der Waals surface area (Å²) in [6, 6.07) is 16.3. The lowest BCUT2D eigenvalue weighted by Crippen LogP contribution is -2.40. The number of rotatable bonds is 9. The molecule has 0 saturated carbocycles. The summed E-state index contributed by atoms with van der Waals surface area (Å²) >= 11 is 0. The maximum atomic E-state index is 12.1. The molecule has 7 heteroatoms. The molecule has 0 bridgehead atoms. The molecule has 0 radical (unpaired) electrons. The minimum Gasteiger partial charge on any atom is -0.377 e. The molecule has 6 nitrogen and oxygen atoms in total. The van der Waals surface area contributed by atoms with Crippen LogP contribution in [-0.4, -0.2) is 31.6 Å². The van der Waals surface area contributed by atoms with E-state index >= 15 is 0 Å². The Morgan fingerprint density at radius 1 is 1.10 bits per heavy atom. The number of aliphatic imine (C=N–C) groups is 1. The number of fused-ring (bicyclic) bond motifs is 1. The fourth-order valence-electron chi connectivity index (χ4n) is 3.59. The first-order valence-electron chi connectivity index (χ1n) is 10.8. The molecule has 168 valence electrons. The van der Waals surface area contributed by atoms with Crippen LogP contribution in [0.15, 0.2) is 53.5 Å². The van der Waals surface area contributed by atoms with Crippen molar-refractivity contribution in [3.05, 3.63) is 65.2 Å². The van der Waals surface area contributed by atoms with E-state index in [2.05, 4.69) is 41.1 Å². The zero-order valence-electron chi connectivity index (χ0n) is 18.3. The summed E-state index contributed by atoms with van der Waals surface area (Å²) in [5, 5.41) is 9.68. The zero-order chi connectivity index (χ0) is 21.2. The summed E-state index contributed by atoms with van der Waals surface area (Å²) in [4.78, 5) is 16.8. The van der Waals surface area contributed by atoms with Crippen molar-refractivity contribution in [1.29, 1.82) is 0 Å². The number of carbonyl (C=O) groups is 1. The first-order chi connectivity index (χ1) is 14.7. The van der Waals surface area contributed by atoms with E-state index in [4.69, 9.17) is 9.73 Å². The second-order valence-electron chi connectivity index (χ2n) is 7.43. The molecule has 2 aromatic carbocycles. The largest absolute Gasteiger partial charge is 0.377 e. The van der Waals surface area contributed by atoms with Gasteiger partial charge in [-0.05, 0) is 36.1 Å². The van der Waals surface area contributed by atoms with E-state index in [1.807, 2.05) is 37.3 Å². The molecule has 0 aliphatic carbocycles. The van der Waals surface area contributed by atoms with Gasteiger partial charge in [0.05, 0.1) is 13.2 Å². The molecule has 3 N–H and O–H groups in total. The van der Waals surface area contributed by atoms with Crippen LogP contribution in [-0.2, 0) is 22.7 Å². The number of nitrogens with one attached hydrogen (secondary N) is 3. The summed E-state index contributed by atoms with van der Waals surface area (Å²) < 4.78 is 5.72. The first kappa shape index (κ1) is 25.1. The van der Waals surface area contributed by atoms with Gasteiger partial charge in [0.2, 0.25) is 5.91 Å². The third-order valence-corrected chi connectivity index (χ3v) is 5.10. The van der Waals surface area contributed by atoms with Crippen LogP contribution >= 0.6 is 24.0 Å². The molecule has 3 rings (SSSR count). The van der Waals surface area contributed by atoms with E-state index in [1.54, 1.807) is 0 Å². The molecule has 1 atom stereocenters. The summed E-state index contributed by atoms with van der Waals surface area (Å²) in [6.07, 6.45) is 1.48. The van der Waals surface area contributed by atoms with Crippen LogP contribution in [0.3, 0.4) is 0 Å². The number of guanidine groups is 1. The number of hydrogen-bond donors (Lipinski definition) is 3. The Hall–Kier alpha value is -2.13. The van der Waals surface area contributed by atoms with Crippen molar-refractivity contribution in [3.63, 3.8) is 0 Å². The number of halogens is 1. The third kappa shape index (κ3) is 7.50. The lowest BCUT2D eigenvalue weighted by Gasteiger charge is -2.26. The van der Waals surface area contributed by atoms with E-state index < -0.39 is 0 Å². The van der Waals surface area contributed by atoms with E-state index in [9.17, 15) is 4.79 Å². The number of hydrogen-bond acceptors (Lipinski definition) is 3. The van der Waals surface area contributed by atoms with Crippen LogP contribution in [0.1, 0.15) is 49.3 Å². The lowest BCUT2D eigenvalue weighted by atomic mass is 9.90. The predicted octanol–water partition coefficient (Wildman–Crippen LogP) is 4.41. The van der Waals surface area contributed by atoms with Gasteiger partial charge in [0.15, 0.2) is 5.96 Å². The summed E-state index contributed by atoms with van der Waals surface area (Å²) in [6.45, 7) is 7.52. The van der Waals surface area contributed by atoms with Crippen LogP contribution in [0.5, 0.6) is 0 Å². The Labute approximate surface area is 202 Å². The van der Waals surface area contributed by atoms with Gasteiger partial charge < -0.3 is 20.7 Å². The van der Waals surface area contributed by atoms with Crippen molar-refractivity contribution in [2.24, 2.45) is 4.99 Å². The van der Waals surface area contributed by atoms with Gasteiger partial charge in [-0.15, -0.1) is 24.0 Å². The Morgan fingerprint density at radius 2 is 1.84 bits per heavy atom. The van der Waals surface area contributed by atoms with Crippen LogP contribution in [0, 0.1) is 0 Å². The van der Waals surface area contributed by atoms with E-state index in [0.717, 1.165) is 36.8 Å². The molecule has 0 saturated heterocycles. The average molecular weight is 536 g/mol. The zero-order valence-corrected chi connectivity index (χ0v) is 20.6. The predicted molar refractivity (Wildman–Crippen MR) is 137 cm³/mol. The van der Waals surface area contributed by atoms with Crippen molar-refractivity contribution in [2.75, 3.05) is 25.0 Å². The average Bonchev–Trinajstić information content (AvgIpc) is 2.76. The van der Waals surface area contributed by atoms with Gasteiger partial charge in [0.25, 0.3) is 0 Å². The normalized spacial score (nSPS) is 15.5. The smallest absolute Gasteiger partial charge is 0.225 e. The molecule has 1 heterocycles. The van der Waals surface area contributed by atoms with Crippen LogP contribution in [0.2, 0.25) is 0 Å². The van der Waals surface area contributed by atoms with E-state index in [1.165, 1.54) is 11.1 Å². The molecule has 2 aromatic rings. The van der Waals surface area contributed by atoms with Crippen LogP contribution in [0.25, 0.3) is 0 Å². The van der Waals surface area contributed by atoms with Crippen molar-refractivity contribution >= 4 is 41.5 Å². The molecule has 1 amide bonds. The number of para-hydroxylation sites is 1. The molecule has 1 unspecified atom stereocenters. The van der Waals surface area contributed by atoms with Crippen molar-refractivity contribution < 1.29 is 9.53 Å². The Balaban J connectivity index is 0.00000341. The highest BCUT2D eigenvalue weighted by molar-refractivity contribution is 14.0. The highest BCUT2D eigenvalue weighted by Gasteiger charge is 2.24. The Morgan fingerprint density at radius 3 is 2.61 bits per heavy atom. The number of amides is 1. The highest BCUT2D eigenvalue weighted by Crippen LogP contribution is 2.31. The van der Waals surface area contributed by atoms with Gasteiger partial charge in [-0.1, -0.05) is 49.4 Å². The summed E-state index contributed by atoms with van der Waals surface area (Å²) in [7, 11) is 0. The van der Waals surface area contributed by atoms with Gasteiger partial charge in [-0.2, -0.15) is 0 Å². The number of nitrogens with zero attached hydrogens (tertiary/aromatic N) is 1. The van der Waals surface area contributed by atoms with Gasteiger partial charge in [0, 0.05) is 37.7 Å². The van der Waals surface area contributed by atoms with Crippen LogP contribution in [0.4, 0.5) is 5.69 Å². The van der Waals surface area contributed by atoms with Gasteiger partial charge in [0.1, 0.15) is 0 Å². The first-order valence-corrected chi connectivity index (χ1v) is 10.8. The number of benzene rings is 2. The standard InChI is InChI=1S/C24H32N4O2.HI/c1-3-13-30-17-19-10-6-5-9-18(19)15-26-24(25-4-2)27-16-20-14-23(29)28-22-12-8-7-11-21(20)22;/h5-12,20H,3-4,13-17H2,1-2H3,(H,28,29)(H2,25,26,27);1H. The SMILES string of the molecule is CCCOCc1ccccc1CN=C(NCC)NCC1CC(=O)Nc2ccccc21.I. The van der Waals surface area contributed by atoms with Gasteiger partial charge in [-0.3, -0.25) is 4.79 Å². The van der Waals surface area contributed by atoms with Crippen molar-refractivity contribution in [3.8, 4) is 0 Å². The monoisotopic (exact) mass is 536 g/mol. The Bertz CT molecular complexity index is 872. The molecule has 31 heavy (non-hydrogen) atoms. The Kier molecular flexibility index (Phi) is 10.8. The van der Waals surface area contributed by atoms with Gasteiger partial charge >= 0.3 is 0 Å². The van der Waals surface area contributed by atoms with Crippen LogP contribution < -0.4 is 16.0 Å². The number of ether oxygens (including phenoxy) is 1. The molecule has 1 aliphatic heterocycles.